The molecule has 0 saturated heterocycles. The van der Waals surface area contributed by atoms with Crippen molar-refractivity contribution in [1.29, 1.82) is 0 Å². The first-order valence-corrected chi connectivity index (χ1v) is 5.03. The molecule has 16 heavy (non-hydrogen) atoms. The molecule has 1 heterocycles. The van der Waals surface area contributed by atoms with Crippen molar-refractivity contribution in [3.8, 4) is 6.01 Å². The Labute approximate surface area is 94.3 Å². The van der Waals surface area contributed by atoms with Gasteiger partial charge in [0.15, 0.2) is 0 Å². The molecule has 0 bridgehead atoms. The average Bonchev–Trinajstić information content (AvgIpc) is 2.38. The molecule has 1 aromatic heterocycles. The molecule has 82 valence electrons. The number of anilines is 1. The number of aromatic nitrogens is 2. The van der Waals surface area contributed by atoms with Crippen molar-refractivity contribution < 1.29 is 4.74 Å². The first-order chi connectivity index (χ1) is 7.88. The maximum Gasteiger partial charge on any atom is 0.318 e. The van der Waals surface area contributed by atoms with Crippen molar-refractivity contribution in [3.05, 3.63) is 48.2 Å². The van der Waals surface area contributed by atoms with E-state index in [-0.39, 0.29) is 0 Å². The second-order valence-corrected chi connectivity index (χ2v) is 3.27. The van der Waals surface area contributed by atoms with Crippen LogP contribution in [-0.4, -0.2) is 17.1 Å². The van der Waals surface area contributed by atoms with Gasteiger partial charge in [-0.1, -0.05) is 30.3 Å². The number of hydrogen-bond acceptors (Lipinski definition) is 4. The summed E-state index contributed by atoms with van der Waals surface area (Å²) in [6, 6.07) is 12.3. The van der Waals surface area contributed by atoms with Crippen LogP contribution in [-0.2, 0) is 6.54 Å². The van der Waals surface area contributed by atoms with Gasteiger partial charge in [-0.15, -0.1) is 0 Å². The highest BCUT2D eigenvalue weighted by molar-refractivity contribution is 5.35. The van der Waals surface area contributed by atoms with Crippen LogP contribution < -0.4 is 10.1 Å². The Balaban J connectivity index is 1.99. The van der Waals surface area contributed by atoms with Crippen molar-refractivity contribution in [2.24, 2.45) is 0 Å². The van der Waals surface area contributed by atoms with Crippen molar-refractivity contribution in [3.63, 3.8) is 0 Å². The standard InChI is InChI=1S/C12H13N3O/c1-16-12-13-8-7-11(15-12)14-9-10-5-3-2-4-6-10/h2-8H,9H2,1H3,(H,13,14,15). The predicted octanol–water partition coefficient (Wildman–Crippen LogP) is 2.10. The largest absolute Gasteiger partial charge is 0.467 e. The van der Waals surface area contributed by atoms with Crippen LogP contribution >= 0.6 is 0 Å². The number of ether oxygens (including phenoxy) is 1. The molecule has 4 heteroatoms. The lowest BCUT2D eigenvalue weighted by Gasteiger charge is -2.05. The van der Waals surface area contributed by atoms with E-state index in [1.54, 1.807) is 13.3 Å². The fraction of sp³-hybridized carbons (Fsp3) is 0.167. The molecule has 0 spiro atoms. The molecule has 0 unspecified atom stereocenters. The zero-order valence-corrected chi connectivity index (χ0v) is 9.05. The number of hydrogen-bond donors (Lipinski definition) is 1. The van der Waals surface area contributed by atoms with Gasteiger partial charge in [0.05, 0.1) is 7.11 Å². The molecule has 0 atom stereocenters. The summed E-state index contributed by atoms with van der Waals surface area (Å²) in [5.74, 6) is 0.760. The average molecular weight is 215 g/mol. The van der Waals surface area contributed by atoms with Crippen LogP contribution in [0.2, 0.25) is 0 Å². The maximum absolute atomic E-state index is 4.94. The Morgan fingerprint density at radius 1 is 1.19 bits per heavy atom. The molecular formula is C12H13N3O. The Kier molecular flexibility index (Phi) is 3.33. The highest BCUT2D eigenvalue weighted by atomic mass is 16.5. The zero-order chi connectivity index (χ0) is 11.2. The topological polar surface area (TPSA) is 47.0 Å². The van der Waals surface area contributed by atoms with Crippen molar-refractivity contribution in [1.82, 2.24) is 9.97 Å². The maximum atomic E-state index is 4.94. The van der Waals surface area contributed by atoms with Gasteiger partial charge in [-0.2, -0.15) is 4.98 Å². The Morgan fingerprint density at radius 2 is 2.00 bits per heavy atom. The van der Waals surface area contributed by atoms with Crippen LogP contribution in [0.15, 0.2) is 42.6 Å². The predicted molar refractivity (Wildman–Crippen MR) is 62.4 cm³/mol. The van der Waals surface area contributed by atoms with Gasteiger partial charge in [-0.25, -0.2) is 4.98 Å². The molecule has 0 fully saturated rings. The van der Waals surface area contributed by atoms with Crippen LogP contribution in [0.1, 0.15) is 5.56 Å². The monoisotopic (exact) mass is 215 g/mol. The first kappa shape index (κ1) is 10.4. The summed E-state index contributed by atoms with van der Waals surface area (Å²) in [5, 5.41) is 3.20. The van der Waals surface area contributed by atoms with Gasteiger partial charge in [0.2, 0.25) is 0 Å². The quantitative estimate of drug-likeness (QED) is 0.848. The molecule has 4 nitrogen and oxygen atoms in total. The van der Waals surface area contributed by atoms with E-state index in [1.165, 1.54) is 5.56 Å². The fourth-order valence-electron chi connectivity index (χ4n) is 1.33. The molecule has 1 aromatic carbocycles. The summed E-state index contributed by atoms with van der Waals surface area (Å²) in [6.07, 6.45) is 1.67. The van der Waals surface area contributed by atoms with Gasteiger partial charge in [-0.3, -0.25) is 0 Å². The van der Waals surface area contributed by atoms with E-state index < -0.39 is 0 Å². The molecule has 0 aliphatic heterocycles. The molecule has 0 aliphatic rings. The molecule has 0 aliphatic carbocycles. The minimum Gasteiger partial charge on any atom is -0.467 e. The first-order valence-electron chi connectivity index (χ1n) is 5.03. The van der Waals surface area contributed by atoms with E-state index in [9.17, 15) is 0 Å². The van der Waals surface area contributed by atoms with Crippen LogP contribution in [0.5, 0.6) is 6.01 Å². The Hall–Kier alpha value is -2.10. The third-order valence-electron chi connectivity index (χ3n) is 2.13. The van der Waals surface area contributed by atoms with Gasteiger partial charge < -0.3 is 10.1 Å². The lowest BCUT2D eigenvalue weighted by molar-refractivity contribution is 0.380. The van der Waals surface area contributed by atoms with E-state index in [1.807, 2.05) is 24.3 Å². The van der Waals surface area contributed by atoms with Crippen molar-refractivity contribution >= 4 is 5.82 Å². The smallest absolute Gasteiger partial charge is 0.318 e. The van der Waals surface area contributed by atoms with Gasteiger partial charge in [0, 0.05) is 12.7 Å². The van der Waals surface area contributed by atoms with Crippen LogP contribution in [0.25, 0.3) is 0 Å². The second-order valence-electron chi connectivity index (χ2n) is 3.27. The van der Waals surface area contributed by atoms with Gasteiger partial charge >= 0.3 is 6.01 Å². The highest BCUT2D eigenvalue weighted by Crippen LogP contribution is 2.08. The minimum absolute atomic E-state index is 0.373. The molecule has 2 aromatic rings. The molecule has 0 saturated carbocycles. The summed E-state index contributed by atoms with van der Waals surface area (Å²) in [4.78, 5) is 8.10. The molecule has 0 radical (unpaired) electrons. The second kappa shape index (κ2) is 5.11. The number of rotatable bonds is 4. The zero-order valence-electron chi connectivity index (χ0n) is 9.05. The van der Waals surface area contributed by atoms with E-state index in [0.29, 0.717) is 6.01 Å². The third kappa shape index (κ3) is 2.70. The molecular weight excluding hydrogens is 202 g/mol. The van der Waals surface area contributed by atoms with Crippen molar-refractivity contribution in [2.45, 2.75) is 6.54 Å². The van der Waals surface area contributed by atoms with Gasteiger partial charge in [-0.05, 0) is 11.6 Å². The van der Waals surface area contributed by atoms with E-state index >= 15 is 0 Å². The van der Waals surface area contributed by atoms with Gasteiger partial charge in [0.1, 0.15) is 5.82 Å². The van der Waals surface area contributed by atoms with Crippen LogP contribution in [0, 0.1) is 0 Å². The SMILES string of the molecule is COc1nccc(NCc2ccccc2)n1. The number of nitrogens with zero attached hydrogens (tertiary/aromatic N) is 2. The lowest BCUT2D eigenvalue weighted by Crippen LogP contribution is -2.02. The summed E-state index contributed by atoms with van der Waals surface area (Å²) >= 11 is 0. The molecule has 0 amide bonds. The number of nitrogens with one attached hydrogen (secondary N) is 1. The third-order valence-corrected chi connectivity index (χ3v) is 2.13. The Morgan fingerprint density at radius 3 is 2.75 bits per heavy atom. The minimum atomic E-state index is 0.373. The Bertz CT molecular complexity index is 445. The summed E-state index contributed by atoms with van der Waals surface area (Å²) in [5.41, 5.74) is 1.21. The van der Waals surface area contributed by atoms with Crippen LogP contribution in [0.4, 0.5) is 5.82 Å². The number of methoxy groups -OCH3 is 1. The number of benzene rings is 1. The summed E-state index contributed by atoms with van der Waals surface area (Å²) in [6.45, 7) is 0.737. The highest BCUT2D eigenvalue weighted by Gasteiger charge is 1.97. The lowest BCUT2D eigenvalue weighted by atomic mass is 10.2. The van der Waals surface area contributed by atoms with E-state index in [2.05, 4.69) is 27.4 Å². The van der Waals surface area contributed by atoms with E-state index in [4.69, 9.17) is 4.74 Å². The van der Waals surface area contributed by atoms with Crippen LogP contribution in [0.3, 0.4) is 0 Å². The fourth-order valence-corrected chi connectivity index (χ4v) is 1.33. The normalized spacial score (nSPS) is 9.81. The molecule has 2 rings (SSSR count). The van der Waals surface area contributed by atoms with Gasteiger partial charge in [0.25, 0.3) is 0 Å². The molecule has 1 N–H and O–H groups in total. The summed E-state index contributed by atoms with van der Waals surface area (Å²) < 4.78 is 4.94. The summed E-state index contributed by atoms with van der Waals surface area (Å²) in [7, 11) is 1.55. The van der Waals surface area contributed by atoms with E-state index in [0.717, 1.165) is 12.4 Å². The van der Waals surface area contributed by atoms with Crippen molar-refractivity contribution in [2.75, 3.05) is 12.4 Å².